The van der Waals surface area contributed by atoms with E-state index in [0.29, 0.717) is 6.04 Å². The Kier molecular flexibility index (Phi) is 3.05. The maximum atomic E-state index is 5.54. The minimum Gasteiger partial charge on any atom is -0.379 e. The van der Waals surface area contributed by atoms with Crippen molar-refractivity contribution in [1.29, 1.82) is 0 Å². The molecule has 1 aliphatic rings. The summed E-state index contributed by atoms with van der Waals surface area (Å²) in [5.41, 5.74) is 2.21. The van der Waals surface area contributed by atoms with Gasteiger partial charge in [0.05, 0.1) is 12.6 Å². The summed E-state index contributed by atoms with van der Waals surface area (Å²) in [5.74, 6) is 1.14. The van der Waals surface area contributed by atoms with E-state index in [1.165, 1.54) is 0 Å². The van der Waals surface area contributed by atoms with Crippen molar-refractivity contribution >= 4 is 11.2 Å². The normalized spacial score (nSPS) is 20.3. The molecule has 1 fully saturated rings. The van der Waals surface area contributed by atoms with Crippen LogP contribution in [0.1, 0.15) is 39.1 Å². The first-order valence-corrected chi connectivity index (χ1v) is 6.94. The van der Waals surface area contributed by atoms with Crippen molar-refractivity contribution in [2.75, 3.05) is 13.2 Å². The van der Waals surface area contributed by atoms with Crippen molar-refractivity contribution in [3.05, 3.63) is 24.2 Å². The molecule has 0 radical (unpaired) electrons. The van der Waals surface area contributed by atoms with Gasteiger partial charge in [0.25, 0.3) is 0 Å². The summed E-state index contributed by atoms with van der Waals surface area (Å²) in [6.45, 7) is 8.35. The fourth-order valence-corrected chi connectivity index (χ4v) is 2.68. The summed E-state index contributed by atoms with van der Waals surface area (Å²) < 4.78 is 7.84. The van der Waals surface area contributed by atoms with E-state index in [1.54, 1.807) is 0 Å². The van der Waals surface area contributed by atoms with Crippen LogP contribution < -0.4 is 0 Å². The van der Waals surface area contributed by atoms with Crippen molar-refractivity contribution in [2.24, 2.45) is 5.41 Å². The highest BCUT2D eigenvalue weighted by Gasteiger charge is 2.25. The largest absolute Gasteiger partial charge is 0.379 e. The van der Waals surface area contributed by atoms with Crippen molar-refractivity contribution in [2.45, 2.75) is 39.7 Å². The number of hydrogen-bond acceptors (Lipinski definition) is 3. The highest BCUT2D eigenvalue weighted by molar-refractivity contribution is 5.71. The van der Waals surface area contributed by atoms with E-state index in [1.807, 2.05) is 18.3 Å². The highest BCUT2D eigenvalue weighted by atomic mass is 16.5. The van der Waals surface area contributed by atoms with Crippen LogP contribution >= 0.6 is 0 Å². The van der Waals surface area contributed by atoms with E-state index in [4.69, 9.17) is 9.72 Å². The van der Waals surface area contributed by atoms with Crippen LogP contribution in [-0.4, -0.2) is 27.7 Å². The van der Waals surface area contributed by atoms with Gasteiger partial charge in [-0.15, -0.1) is 0 Å². The first-order valence-electron chi connectivity index (χ1n) is 6.94. The Hall–Kier alpha value is -1.42. The lowest BCUT2D eigenvalue weighted by molar-refractivity contribution is 0.186. The van der Waals surface area contributed by atoms with Crippen molar-refractivity contribution in [3.63, 3.8) is 0 Å². The molecular formula is C15H21N3O. The molecule has 3 heterocycles. The molecule has 0 bridgehead atoms. The van der Waals surface area contributed by atoms with Crippen LogP contribution in [-0.2, 0) is 11.2 Å². The number of rotatable bonds is 2. The standard InChI is InChI=1S/C15H21N3O/c1-15(2,3)9-13-17-12-5-4-7-16-14(12)18(13)11-6-8-19-10-11/h4-5,7,11H,6,8-10H2,1-3H3. The maximum absolute atomic E-state index is 5.54. The smallest absolute Gasteiger partial charge is 0.160 e. The van der Waals surface area contributed by atoms with Gasteiger partial charge >= 0.3 is 0 Å². The van der Waals surface area contributed by atoms with Gasteiger partial charge in [0.1, 0.15) is 11.3 Å². The maximum Gasteiger partial charge on any atom is 0.160 e. The van der Waals surface area contributed by atoms with E-state index < -0.39 is 0 Å². The highest BCUT2D eigenvalue weighted by Crippen LogP contribution is 2.29. The van der Waals surface area contributed by atoms with Crippen LogP contribution in [0.3, 0.4) is 0 Å². The third kappa shape index (κ3) is 2.50. The Morgan fingerprint density at radius 2 is 2.26 bits per heavy atom. The van der Waals surface area contributed by atoms with Gasteiger partial charge < -0.3 is 9.30 Å². The summed E-state index contributed by atoms with van der Waals surface area (Å²) in [5, 5.41) is 0. The van der Waals surface area contributed by atoms with Gasteiger partial charge in [-0.25, -0.2) is 9.97 Å². The SMILES string of the molecule is CC(C)(C)Cc1nc2cccnc2n1C1CCOC1. The first-order chi connectivity index (χ1) is 9.04. The quantitative estimate of drug-likeness (QED) is 0.832. The molecule has 0 aliphatic carbocycles. The average Bonchev–Trinajstić information content (AvgIpc) is 2.92. The number of aromatic nitrogens is 3. The van der Waals surface area contributed by atoms with Crippen LogP contribution in [0.2, 0.25) is 0 Å². The predicted octanol–water partition coefficient (Wildman–Crippen LogP) is 2.98. The lowest BCUT2D eigenvalue weighted by Gasteiger charge is -2.21. The second-order valence-electron chi connectivity index (χ2n) is 6.50. The third-order valence-corrected chi connectivity index (χ3v) is 3.48. The summed E-state index contributed by atoms with van der Waals surface area (Å²) >= 11 is 0. The second-order valence-corrected chi connectivity index (χ2v) is 6.50. The van der Waals surface area contributed by atoms with Crippen LogP contribution in [0, 0.1) is 5.41 Å². The molecular weight excluding hydrogens is 238 g/mol. The molecule has 1 saturated heterocycles. The van der Waals surface area contributed by atoms with Crippen molar-refractivity contribution < 1.29 is 4.74 Å². The van der Waals surface area contributed by atoms with Gasteiger partial charge in [-0.2, -0.15) is 0 Å². The zero-order valence-electron chi connectivity index (χ0n) is 11.9. The summed E-state index contributed by atoms with van der Waals surface area (Å²) in [6, 6.07) is 4.38. The van der Waals surface area contributed by atoms with Gasteiger partial charge in [-0.1, -0.05) is 20.8 Å². The number of ether oxygens (including phenoxy) is 1. The number of hydrogen-bond donors (Lipinski definition) is 0. The molecule has 1 aliphatic heterocycles. The Morgan fingerprint density at radius 1 is 1.42 bits per heavy atom. The molecule has 2 aromatic rings. The fraction of sp³-hybridized carbons (Fsp3) is 0.600. The third-order valence-electron chi connectivity index (χ3n) is 3.48. The Morgan fingerprint density at radius 3 is 2.95 bits per heavy atom. The molecule has 102 valence electrons. The Balaban J connectivity index is 2.11. The zero-order chi connectivity index (χ0) is 13.5. The van der Waals surface area contributed by atoms with Gasteiger partial charge in [0.2, 0.25) is 0 Å². The molecule has 1 unspecified atom stereocenters. The van der Waals surface area contributed by atoms with Crippen LogP contribution in [0.15, 0.2) is 18.3 Å². The zero-order valence-corrected chi connectivity index (χ0v) is 11.9. The molecule has 0 aromatic carbocycles. The molecule has 0 spiro atoms. The molecule has 2 aromatic heterocycles. The topological polar surface area (TPSA) is 39.9 Å². The summed E-state index contributed by atoms with van der Waals surface area (Å²) in [6.07, 6.45) is 3.86. The van der Waals surface area contributed by atoms with Gasteiger partial charge in [0.15, 0.2) is 5.65 Å². The molecule has 1 atom stereocenters. The van der Waals surface area contributed by atoms with Crippen LogP contribution in [0.5, 0.6) is 0 Å². The molecule has 3 rings (SSSR count). The molecule has 0 saturated carbocycles. The van der Waals surface area contributed by atoms with Gasteiger partial charge in [-0.3, -0.25) is 0 Å². The number of imidazole rings is 1. The first kappa shape index (κ1) is 12.6. The summed E-state index contributed by atoms with van der Waals surface area (Å²) in [7, 11) is 0. The molecule has 19 heavy (non-hydrogen) atoms. The lowest BCUT2D eigenvalue weighted by Crippen LogP contribution is -2.18. The van der Waals surface area contributed by atoms with E-state index >= 15 is 0 Å². The Labute approximate surface area is 113 Å². The van der Waals surface area contributed by atoms with Gasteiger partial charge in [0, 0.05) is 19.2 Å². The molecule has 0 amide bonds. The number of fused-ring (bicyclic) bond motifs is 1. The number of pyridine rings is 1. The minimum atomic E-state index is 0.221. The van der Waals surface area contributed by atoms with E-state index in [2.05, 4.69) is 30.3 Å². The minimum absolute atomic E-state index is 0.221. The lowest BCUT2D eigenvalue weighted by atomic mass is 9.92. The predicted molar refractivity (Wildman–Crippen MR) is 75.2 cm³/mol. The fourth-order valence-electron chi connectivity index (χ4n) is 2.68. The molecule has 4 heteroatoms. The monoisotopic (exact) mass is 259 g/mol. The van der Waals surface area contributed by atoms with Crippen LogP contribution in [0.25, 0.3) is 11.2 Å². The van der Waals surface area contributed by atoms with E-state index in [0.717, 1.165) is 43.0 Å². The molecule has 4 nitrogen and oxygen atoms in total. The summed E-state index contributed by atoms with van der Waals surface area (Å²) in [4.78, 5) is 9.31. The average molecular weight is 259 g/mol. The van der Waals surface area contributed by atoms with Crippen molar-refractivity contribution in [3.8, 4) is 0 Å². The van der Waals surface area contributed by atoms with E-state index in [-0.39, 0.29) is 5.41 Å². The van der Waals surface area contributed by atoms with Crippen molar-refractivity contribution in [1.82, 2.24) is 14.5 Å². The van der Waals surface area contributed by atoms with Gasteiger partial charge in [-0.05, 0) is 24.0 Å². The molecule has 0 N–H and O–H groups in total. The Bertz CT molecular complexity index is 577. The second kappa shape index (κ2) is 4.60. The van der Waals surface area contributed by atoms with E-state index in [9.17, 15) is 0 Å². The number of nitrogens with zero attached hydrogens (tertiary/aromatic N) is 3. The van der Waals surface area contributed by atoms with Crippen LogP contribution in [0.4, 0.5) is 0 Å².